The molecule has 1 aromatic carbocycles. The van der Waals surface area contributed by atoms with Gasteiger partial charge in [0.25, 0.3) is 0 Å². The van der Waals surface area contributed by atoms with E-state index in [1.54, 1.807) is 24.3 Å². The van der Waals surface area contributed by atoms with Gasteiger partial charge in [-0.2, -0.15) is 0 Å². The topological polar surface area (TPSA) is 95.0 Å². The number of rotatable bonds is 7. The lowest BCUT2D eigenvalue weighted by Crippen LogP contribution is -2.37. The van der Waals surface area contributed by atoms with E-state index in [2.05, 4.69) is 0 Å². The van der Waals surface area contributed by atoms with E-state index in [4.69, 9.17) is 16.7 Å². The molecule has 1 fully saturated rings. The summed E-state index contributed by atoms with van der Waals surface area (Å²) in [7, 11) is -3.26. The van der Waals surface area contributed by atoms with Crippen molar-refractivity contribution in [3.63, 3.8) is 0 Å². The van der Waals surface area contributed by atoms with Crippen LogP contribution < -0.4 is 0 Å². The Kier molecular flexibility index (Phi) is 6.20. The fraction of sp³-hybridized carbons (Fsp3) is 0.467. The van der Waals surface area contributed by atoms with E-state index in [0.29, 0.717) is 18.0 Å². The van der Waals surface area contributed by atoms with E-state index in [9.17, 15) is 18.0 Å². The molecule has 1 N–H and O–H groups in total. The molecule has 0 aliphatic carbocycles. The van der Waals surface area contributed by atoms with Crippen LogP contribution in [0, 0.1) is 0 Å². The lowest BCUT2D eigenvalue weighted by atomic mass is 10.2. The molecule has 1 amide bonds. The van der Waals surface area contributed by atoms with Crippen LogP contribution in [0.1, 0.15) is 18.4 Å². The second-order valence-corrected chi connectivity index (χ2v) is 8.11. The van der Waals surface area contributed by atoms with Gasteiger partial charge in [0.05, 0.1) is 5.75 Å². The van der Waals surface area contributed by atoms with Crippen molar-refractivity contribution in [3.8, 4) is 0 Å². The molecular weight excluding hydrogens is 356 g/mol. The van der Waals surface area contributed by atoms with Crippen molar-refractivity contribution in [2.45, 2.75) is 19.4 Å². The quantitative estimate of drug-likeness (QED) is 0.773. The zero-order valence-corrected chi connectivity index (χ0v) is 14.6. The Morgan fingerprint density at radius 3 is 2.46 bits per heavy atom. The molecule has 0 saturated carbocycles. The first kappa shape index (κ1) is 18.7. The monoisotopic (exact) mass is 374 g/mol. The van der Waals surface area contributed by atoms with Crippen LogP contribution in [0.4, 0.5) is 0 Å². The van der Waals surface area contributed by atoms with Crippen molar-refractivity contribution < 1.29 is 23.1 Å². The molecule has 0 unspecified atom stereocenters. The van der Waals surface area contributed by atoms with Crippen LogP contribution in [0.2, 0.25) is 5.02 Å². The van der Waals surface area contributed by atoms with Crippen molar-refractivity contribution >= 4 is 33.5 Å². The molecule has 2 rings (SSSR count). The van der Waals surface area contributed by atoms with E-state index in [1.165, 1.54) is 9.21 Å². The SMILES string of the molecule is O=C(O)CN(Cc1ccc(Cl)cc1)C(=O)CCN1CCCS1(=O)=O. The number of hydrogen-bond donors (Lipinski definition) is 1. The maximum atomic E-state index is 12.3. The average Bonchev–Trinajstić information content (AvgIpc) is 2.84. The number of amides is 1. The van der Waals surface area contributed by atoms with Gasteiger partial charge >= 0.3 is 5.97 Å². The van der Waals surface area contributed by atoms with E-state index in [-0.39, 0.29) is 25.3 Å². The second-order valence-electron chi connectivity index (χ2n) is 5.59. The molecule has 1 saturated heterocycles. The summed E-state index contributed by atoms with van der Waals surface area (Å²) in [5.74, 6) is -1.41. The molecular formula is C15H19ClN2O5S. The van der Waals surface area contributed by atoms with Crippen molar-refractivity contribution in [3.05, 3.63) is 34.9 Å². The van der Waals surface area contributed by atoms with Crippen LogP contribution >= 0.6 is 11.6 Å². The van der Waals surface area contributed by atoms with Crippen LogP contribution in [0.3, 0.4) is 0 Å². The van der Waals surface area contributed by atoms with Gasteiger partial charge in [0.1, 0.15) is 6.54 Å². The highest BCUT2D eigenvalue weighted by Crippen LogP contribution is 2.15. The zero-order valence-electron chi connectivity index (χ0n) is 13.0. The van der Waals surface area contributed by atoms with Crippen LogP contribution in [0.5, 0.6) is 0 Å². The highest BCUT2D eigenvalue weighted by Gasteiger charge is 2.29. The van der Waals surface area contributed by atoms with Crippen LogP contribution in [-0.4, -0.2) is 60.0 Å². The standard InChI is InChI=1S/C15H19ClN2O5S/c16-13-4-2-12(3-5-13)10-17(11-15(20)21)14(19)6-8-18-7-1-9-24(18,22)23/h2-5H,1,6-11H2,(H,20,21). The Labute approximate surface area is 145 Å². The molecule has 0 radical (unpaired) electrons. The van der Waals surface area contributed by atoms with Gasteiger partial charge in [-0.25, -0.2) is 12.7 Å². The number of carbonyl (C=O) groups excluding carboxylic acids is 1. The summed E-state index contributed by atoms with van der Waals surface area (Å²) in [5, 5.41) is 9.55. The summed E-state index contributed by atoms with van der Waals surface area (Å²) < 4.78 is 24.8. The maximum Gasteiger partial charge on any atom is 0.323 e. The molecule has 9 heteroatoms. The first-order valence-corrected chi connectivity index (χ1v) is 9.48. The van der Waals surface area contributed by atoms with Gasteiger partial charge in [-0.3, -0.25) is 9.59 Å². The van der Waals surface area contributed by atoms with Crippen LogP contribution in [0.15, 0.2) is 24.3 Å². The Morgan fingerprint density at radius 2 is 1.92 bits per heavy atom. The molecule has 1 aliphatic heterocycles. The van der Waals surface area contributed by atoms with E-state index < -0.39 is 28.4 Å². The zero-order chi connectivity index (χ0) is 17.7. The Balaban J connectivity index is 1.99. The van der Waals surface area contributed by atoms with Gasteiger partial charge in [-0.1, -0.05) is 23.7 Å². The molecule has 24 heavy (non-hydrogen) atoms. The minimum atomic E-state index is -3.26. The van der Waals surface area contributed by atoms with Crippen LogP contribution in [0.25, 0.3) is 0 Å². The fourth-order valence-corrected chi connectivity index (χ4v) is 4.18. The lowest BCUT2D eigenvalue weighted by Gasteiger charge is -2.22. The van der Waals surface area contributed by atoms with E-state index in [0.717, 1.165) is 5.56 Å². The summed E-state index contributed by atoms with van der Waals surface area (Å²) >= 11 is 5.81. The molecule has 0 aromatic heterocycles. The molecule has 1 aromatic rings. The molecule has 0 atom stereocenters. The lowest BCUT2D eigenvalue weighted by molar-refractivity contribution is -0.145. The normalized spacial score (nSPS) is 16.9. The van der Waals surface area contributed by atoms with Crippen molar-refractivity contribution in [2.24, 2.45) is 0 Å². The minimum Gasteiger partial charge on any atom is -0.480 e. The number of carboxylic acid groups (broad SMARTS) is 1. The van der Waals surface area contributed by atoms with E-state index in [1.807, 2.05) is 0 Å². The number of nitrogens with zero attached hydrogens (tertiary/aromatic N) is 2. The summed E-state index contributed by atoms with van der Waals surface area (Å²) in [5.41, 5.74) is 0.753. The number of sulfonamides is 1. The molecule has 7 nitrogen and oxygen atoms in total. The van der Waals surface area contributed by atoms with Gasteiger partial charge in [0.2, 0.25) is 15.9 Å². The predicted molar refractivity (Wildman–Crippen MR) is 89.1 cm³/mol. The second kappa shape index (κ2) is 7.96. The van der Waals surface area contributed by atoms with Crippen molar-refractivity contribution in [2.75, 3.05) is 25.4 Å². The molecule has 1 heterocycles. The number of halogens is 1. The number of carboxylic acids is 1. The summed E-state index contributed by atoms with van der Waals surface area (Å²) in [6.45, 7) is 0.187. The number of carbonyl (C=O) groups is 2. The third-order valence-electron chi connectivity index (χ3n) is 3.74. The van der Waals surface area contributed by atoms with Gasteiger partial charge in [-0.15, -0.1) is 0 Å². The minimum absolute atomic E-state index is 0.0416. The number of benzene rings is 1. The number of aliphatic carboxylic acids is 1. The van der Waals surface area contributed by atoms with E-state index >= 15 is 0 Å². The number of hydrogen-bond acceptors (Lipinski definition) is 4. The summed E-state index contributed by atoms with van der Waals surface area (Å²) in [6.07, 6.45) is 0.514. The molecule has 1 aliphatic rings. The summed E-state index contributed by atoms with van der Waals surface area (Å²) in [6, 6.07) is 6.76. The Morgan fingerprint density at radius 1 is 1.25 bits per heavy atom. The van der Waals surface area contributed by atoms with Crippen LogP contribution in [-0.2, 0) is 26.2 Å². The Hall–Kier alpha value is -1.64. The first-order valence-electron chi connectivity index (χ1n) is 7.50. The van der Waals surface area contributed by atoms with Gasteiger partial charge < -0.3 is 10.0 Å². The van der Waals surface area contributed by atoms with Gasteiger partial charge in [0.15, 0.2) is 0 Å². The Bertz CT molecular complexity index is 705. The largest absolute Gasteiger partial charge is 0.480 e. The highest BCUT2D eigenvalue weighted by atomic mass is 35.5. The first-order chi connectivity index (χ1) is 11.3. The molecule has 0 spiro atoms. The molecule has 0 bridgehead atoms. The smallest absolute Gasteiger partial charge is 0.323 e. The van der Waals surface area contributed by atoms with Crippen molar-refractivity contribution in [1.29, 1.82) is 0 Å². The summed E-state index contributed by atoms with van der Waals surface area (Å²) in [4.78, 5) is 24.5. The van der Waals surface area contributed by atoms with Gasteiger partial charge in [0, 0.05) is 31.1 Å². The molecule has 132 valence electrons. The van der Waals surface area contributed by atoms with Crippen molar-refractivity contribution in [1.82, 2.24) is 9.21 Å². The average molecular weight is 375 g/mol. The fourth-order valence-electron chi connectivity index (χ4n) is 2.53. The third kappa shape index (κ3) is 5.19. The third-order valence-corrected chi connectivity index (χ3v) is 5.95. The predicted octanol–water partition coefficient (Wildman–Crippen LogP) is 1.18. The highest BCUT2D eigenvalue weighted by molar-refractivity contribution is 7.89. The maximum absolute atomic E-state index is 12.3. The van der Waals surface area contributed by atoms with Gasteiger partial charge in [-0.05, 0) is 24.1 Å².